The number of benzene rings is 1. The molecule has 1 amide bonds. The summed E-state index contributed by atoms with van der Waals surface area (Å²) in [7, 11) is 0. The number of carbonyl (C=O) groups is 1. The van der Waals surface area contributed by atoms with Crippen molar-refractivity contribution in [2.45, 2.75) is 19.4 Å². The molecule has 0 spiro atoms. The fourth-order valence-electron chi connectivity index (χ4n) is 1.86. The van der Waals surface area contributed by atoms with Gasteiger partial charge in [0.25, 0.3) is 5.91 Å². The minimum Gasteiger partial charge on any atom is -0.384 e. The lowest BCUT2D eigenvalue weighted by molar-refractivity contribution is 0.0527. The summed E-state index contributed by atoms with van der Waals surface area (Å²) in [6.07, 6.45) is 1.49. The Hall–Kier alpha value is -1.99. The van der Waals surface area contributed by atoms with Crippen molar-refractivity contribution in [2.75, 3.05) is 18.4 Å². The number of carbonyl (C=O) groups excluding carboxylic acids is 1. The third-order valence-electron chi connectivity index (χ3n) is 3.12. The molecule has 3 N–H and O–H groups in total. The third-order valence-corrected chi connectivity index (χ3v) is 4.07. The number of anilines is 1. The topological polar surface area (TPSA) is 74.2 Å². The smallest absolute Gasteiger partial charge is 0.263 e. The van der Waals surface area contributed by atoms with Gasteiger partial charge < -0.3 is 15.7 Å². The first-order chi connectivity index (χ1) is 10.4. The Kier molecular flexibility index (Phi) is 5.10. The van der Waals surface area contributed by atoms with Crippen molar-refractivity contribution in [3.05, 3.63) is 46.7 Å². The van der Waals surface area contributed by atoms with Gasteiger partial charge in [-0.25, -0.2) is 9.37 Å². The van der Waals surface area contributed by atoms with Gasteiger partial charge in [0.05, 0.1) is 12.7 Å². The Morgan fingerprint density at radius 3 is 2.73 bits per heavy atom. The van der Waals surface area contributed by atoms with Gasteiger partial charge in [0.15, 0.2) is 5.13 Å². The second-order valence-corrected chi connectivity index (χ2v) is 6.05. The number of hydrogen-bond donors (Lipinski definition) is 3. The van der Waals surface area contributed by atoms with E-state index in [1.807, 2.05) is 6.92 Å². The molecule has 1 unspecified atom stereocenters. The summed E-state index contributed by atoms with van der Waals surface area (Å²) in [5, 5.41) is 16.8. The van der Waals surface area contributed by atoms with Crippen LogP contribution in [0.5, 0.6) is 0 Å². The summed E-state index contributed by atoms with van der Waals surface area (Å²) < 4.78 is 12.9. The molecule has 0 fully saturated rings. The first-order valence-electron chi connectivity index (χ1n) is 6.88. The predicted molar refractivity (Wildman–Crippen MR) is 84.6 cm³/mol. The normalized spacial score (nSPS) is 13.5. The van der Waals surface area contributed by atoms with E-state index in [9.17, 15) is 14.3 Å². The minimum atomic E-state index is -1.28. The van der Waals surface area contributed by atoms with Crippen LogP contribution in [0.1, 0.15) is 29.1 Å². The molecule has 0 radical (unpaired) electrons. The van der Waals surface area contributed by atoms with Crippen molar-refractivity contribution in [2.24, 2.45) is 0 Å². The van der Waals surface area contributed by atoms with Crippen LogP contribution >= 0.6 is 11.3 Å². The van der Waals surface area contributed by atoms with E-state index in [0.717, 1.165) is 6.54 Å². The number of nitrogens with zero attached hydrogens (tertiary/aromatic N) is 1. The van der Waals surface area contributed by atoms with Crippen LogP contribution in [0.25, 0.3) is 0 Å². The van der Waals surface area contributed by atoms with Gasteiger partial charge in [0.2, 0.25) is 0 Å². The lowest BCUT2D eigenvalue weighted by atomic mass is 9.96. The van der Waals surface area contributed by atoms with E-state index in [1.54, 1.807) is 6.92 Å². The van der Waals surface area contributed by atoms with Gasteiger partial charge in [-0.3, -0.25) is 4.79 Å². The lowest BCUT2D eigenvalue weighted by Gasteiger charge is -2.24. The Morgan fingerprint density at radius 1 is 1.41 bits per heavy atom. The first kappa shape index (κ1) is 16.4. The number of amides is 1. The molecule has 0 aliphatic heterocycles. The highest BCUT2D eigenvalue weighted by Crippen LogP contribution is 2.21. The van der Waals surface area contributed by atoms with E-state index in [0.29, 0.717) is 15.6 Å². The second-order valence-electron chi connectivity index (χ2n) is 5.02. The molecule has 2 aromatic rings. The van der Waals surface area contributed by atoms with Crippen molar-refractivity contribution in [1.29, 1.82) is 0 Å². The van der Waals surface area contributed by atoms with E-state index in [4.69, 9.17) is 0 Å². The molecule has 2 rings (SSSR count). The van der Waals surface area contributed by atoms with Gasteiger partial charge in [0, 0.05) is 6.54 Å². The summed E-state index contributed by atoms with van der Waals surface area (Å²) >= 11 is 1.25. The molecular weight excluding hydrogens is 305 g/mol. The molecular formula is C15H18FN3O2S. The van der Waals surface area contributed by atoms with Crippen LogP contribution in [0.4, 0.5) is 9.52 Å². The maximum atomic E-state index is 12.9. The molecule has 118 valence electrons. The van der Waals surface area contributed by atoms with Gasteiger partial charge >= 0.3 is 0 Å². The highest BCUT2D eigenvalue weighted by molar-refractivity contribution is 7.17. The Labute approximate surface area is 132 Å². The fraction of sp³-hybridized carbons (Fsp3) is 0.333. The van der Waals surface area contributed by atoms with Gasteiger partial charge in [-0.1, -0.05) is 23.5 Å². The van der Waals surface area contributed by atoms with E-state index >= 15 is 0 Å². The summed E-state index contributed by atoms with van der Waals surface area (Å²) in [6, 6.07) is 5.55. The molecule has 0 saturated carbocycles. The van der Waals surface area contributed by atoms with E-state index in [1.165, 1.54) is 41.8 Å². The molecule has 7 heteroatoms. The van der Waals surface area contributed by atoms with Crippen molar-refractivity contribution in [3.8, 4) is 0 Å². The molecule has 0 bridgehead atoms. The fourth-order valence-corrected chi connectivity index (χ4v) is 2.66. The molecule has 0 aliphatic carbocycles. The highest BCUT2D eigenvalue weighted by atomic mass is 32.1. The zero-order chi connectivity index (χ0) is 16.2. The maximum absolute atomic E-state index is 12.9. The average Bonchev–Trinajstić information content (AvgIpc) is 2.94. The summed E-state index contributed by atoms with van der Waals surface area (Å²) in [4.78, 5) is 16.6. The summed E-state index contributed by atoms with van der Waals surface area (Å²) in [6.45, 7) is 4.26. The Morgan fingerprint density at radius 2 is 2.09 bits per heavy atom. The van der Waals surface area contributed by atoms with Crippen molar-refractivity contribution in [1.82, 2.24) is 10.3 Å². The molecule has 0 aliphatic rings. The number of aliphatic hydroxyl groups is 1. The van der Waals surface area contributed by atoms with Crippen molar-refractivity contribution in [3.63, 3.8) is 0 Å². The quantitative estimate of drug-likeness (QED) is 0.763. The Balaban J connectivity index is 1.98. The molecule has 1 heterocycles. The monoisotopic (exact) mass is 323 g/mol. The van der Waals surface area contributed by atoms with E-state index in [-0.39, 0.29) is 18.3 Å². The van der Waals surface area contributed by atoms with Crippen LogP contribution in [-0.4, -0.2) is 29.1 Å². The van der Waals surface area contributed by atoms with Crippen LogP contribution in [0.3, 0.4) is 0 Å². The molecule has 5 nitrogen and oxygen atoms in total. The SMILES string of the molecule is CCNc1ncc(C(=O)NCC(C)(O)c2ccc(F)cc2)s1. The van der Waals surface area contributed by atoms with Gasteiger partial charge in [-0.15, -0.1) is 0 Å². The molecule has 22 heavy (non-hydrogen) atoms. The van der Waals surface area contributed by atoms with Crippen LogP contribution in [0.2, 0.25) is 0 Å². The molecule has 1 atom stereocenters. The number of nitrogens with one attached hydrogen (secondary N) is 2. The number of aromatic nitrogens is 1. The number of hydrogen-bond acceptors (Lipinski definition) is 5. The zero-order valence-electron chi connectivity index (χ0n) is 12.4. The zero-order valence-corrected chi connectivity index (χ0v) is 13.2. The van der Waals surface area contributed by atoms with Gasteiger partial charge in [-0.05, 0) is 31.5 Å². The van der Waals surface area contributed by atoms with E-state index < -0.39 is 5.60 Å². The lowest BCUT2D eigenvalue weighted by Crippen LogP contribution is -2.38. The largest absolute Gasteiger partial charge is 0.384 e. The molecule has 1 aromatic carbocycles. The average molecular weight is 323 g/mol. The second kappa shape index (κ2) is 6.85. The van der Waals surface area contributed by atoms with E-state index in [2.05, 4.69) is 15.6 Å². The minimum absolute atomic E-state index is 0.0197. The summed E-state index contributed by atoms with van der Waals surface area (Å²) in [5.41, 5.74) is -0.745. The third kappa shape index (κ3) is 4.02. The highest BCUT2D eigenvalue weighted by Gasteiger charge is 2.24. The first-order valence-corrected chi connectivity index (χ1v) is 7.70. The van der Waals surface area contributed by atoms with Crippen LogP contribution in [0, 0.1) is 5.82 Å². The molecule has 0 saturated heterocycles. The standard InChI is InChI=1S/C15H18FN3O2S/c1-3-17-14-18-8-12(22-14)13(20)19-9-15(2,21)10-4-6-11(16)7-5-10/h4-8,21H,3,9H2,1-2H3,(H,17,18)(H,19,20). The van der Waals surface area contributed by atoms with Crippen LogP contribution in [0.15, 0.2) is 30.5 Å². The Bertz CT molecular complexity index is 640. The predicted octanol–water partition coefficient (Wildman–Crippen LogP) is 2.35. The van der Waals surface area contributed by atoms with Crippen molar-refractivity contribution >= 4 is 22.4 Å². The number of rotatable bonds is 6. The maximum Gasteiger partial charge on any atom is 0.263 e. The van der Waals surface area contributed by atoms with Gasteiger partial charge in [0.1, 0.15) is 16.3 Å². The number of thiazole rings is 1. The van der Waals surface area contributed by atoms with Crippen LogP contribution in [-0.2, 0) is 5.60 Å². The van der Waals surface area contributed by atoms with Gasteiger partial charge in [-0.2, -0.15) is 0 Å². The molecule has 1 aromatic heterocycles. The number of halogens is 1. The van der Waals surface area contributed by atoms with Crippen molar-refractivity contribution < 1.29 is 14.3 Å². The summed E-state index contributed by atoms with van der Waals surface area (Å²) in [5.74, 6) is -0.673. The van der Waals surface area contributed by atoms with Crippen LogP contribution < -0.4 is 10.6 Å².